The van der Waals surface area contributed by atoms with Gasteiger partial charge < -0.3 is 25.8 Å². The Kier molecular flexibility index (Phi) is 9.27. The van der Waals surface area contributed by atoms with Crippen LogP contribution in [0.3, 0.4) is 0 Å². The van der Waals surface area contributed by atoms with Gasteiger partial charge >= 0.3 is 5.97 Å². The molecule has 2 rings (SSSR count). The van der Waals surface area contributed by atoms with Crippen LogP contribution >= 0.6 is 0 Å². The van der Waals surface area contributed by atoms with E-state index in [9.17, 15) is 19.2 Å². The molecule has 1 aromatic carbocycles. The van der Waals surface area contributed by atoms with E-state index in [4.69, 9.17) is 9.84 Å². The summed E-state index contributed by atoms with van der Waals surface area (Å²) in [4.78, 5) is 47.1. The SMILES string of the molecule is CCCC(=O)NCCCCNC(=O)[C@H](Cc1ccccc1)NC(=O)[C@H]1O[C@@H]1C(=O)O. The Morgan fingerprint density at radius 3 is 2.30 bits per heavy atom. The second-order valence-electron chi connectivity index (χ2n) is 7.16. The van der Waals surface area contributed by atoms with Crippen molar-refractivity contribution < 1.29 is 29.0 Å². The number of hydrogen-bond donors (Lipinski definition) is 4. The summed E-state index contributed by atoms with van der Waals surface area (Å²) in [6.07, 6.45) is 0.753. The highest BCUT2D eigenvalue weighted by Gasteiger charge is 2.51. The quantitative estimate of drug-likeness (QED) is 0.269. The van der Waals surface area contributed by atoms with Crippen molar-refractivity contribution in [1.29, 1.82) is 0 Å². The van der Waals surface area contributed by atoms with Gasteiger partial charge in [-0.2, -0.15) is 0 Å². The second kappa shape index (κ2) is 11.9. The predicted molar refractivity (Wildman–Crippen MR) is 109 cm³/mol. The van der Waals surface area contributed by atoms with Crippen molar-refractivity contribution in [2.24, 2.45) is 0 Å². The number of nitrogens with one attached hydrogen (secondary N) is 3. The molecule has 4 N–H and O–H groups in total. The Labute approximate surface area is 175 Å². The Morgan fingerprint density at radius 1 is 1.03 bits per heavy atom. The number of benzene rings is 1. The first-order valence-electron chi connectivity index (χ1n) is 10.2. The molecule has 0 bridgehead atoms. The monoisotopic (exact) mass is 419 g/mol. The van der Waals surface area contributed by atoms with Crippen molar-refractivity contribution in [3.8, 4) is 0 Å². The molecule has 3 amide bonds. The number of unbranched alkanes of at least 4 members (excludes halogenated alkanes) is 1. The molecule has 0 aliphatic carbocycles. The standard InChI is InChI=1S/C21H29N3O6/c1-2-8-16(25)22-11-6-7-12-23-19(26)15(13-14-9-4-3-5-10-14)24-20(27)17-18(30-17)21(28)29/h3-5,9-10,15,17-18H,2,6-8,11-13H2,1H3,(H,22,25)(H,23,26)(H,24,27)(H,28,29)/t15-,17-,18-/m0/s1. The number of amides is 3. The van der Waals surface area contributed by atoms with E-state index in [2.05, 4.69) is 16.0 Å². The molecule has 1 fully saturated rings. The fraction of sp³-hybridized carbons (Fsp3) is 0.524. The van der Waals surface area contributed by atoms with Crippen molar-refractivity contribution in [3.05, 3.63) is 35.9 Å². The molecule has 0 spiro atoms. The van der Waals surface area contributed by atoms with Gasteiger partial charge in [-0.3, -0.25) is 14.4 Å². The molecule has 1 saturated heterocycles. The predicted octanol–water partition coefficient (Wildman–Crippen LogP) is 0.379. The molecule has 1 heterocycles. The first-order chi connectivity index (χ1) is 14.4. The van der Waals surface area contributed by atoms with Crippen LogP contribution in [0.1, 0.15) is 38.2 Å². The summed E-state index contributed by atoms with van der Waals surface area (Å²) in [7, 11) is 0. The zero-order valence-corrected chi connectivity index (χ0v) is 17.1. The molecule has 0 saturated carbocycles. The molecule has 0 radical (unpaired) electrons. The third kappa shape index (κ3) is 7.82. The smallest absolute Gasteiger partial charge is 0.336 e. The fourth-order valence-electron chi connectivity index (χ4n) is 2.94. The normalized spacial score (nSPS) is 18.2. The number of aliphatic carboxylic acids is 1. The van der Waals surface area contributed by atoms with Crippen LogP contribution in [0, 0.1) is 0 Å². The molecule has 9 heteroatoms. The van der Waals surface area contributed by atoms with Gasteiger partial charge in [0.15, 0.2) is 12.2 Å². The zero-order chi connectivity index (χ0) is 21.9. The highest BCUT2D eigenvalue weighted by Crippen LogP contribution is 2.22. The van der Waals surface area contributed by atoms with E-state index in [1.165, 1.54) is 0 Å². The van der Waals surface area contributed by atoms with Crippen molar-refractivity contribution >= 4 is 23.7 Å². The van der Waals surface area contributed by atoms with E-state index >= 15 is 0 Å². The lowest BCUT2D eigenvalue weighted by Gasteiger charge is -2.18. The summed E-state index contributed by atoms with van der Waals surface area (Å²) in [5.74, 6) is -2.15. The lowest BCUT2D eigenvalue weighted by molar-refractivity contribution is -0.138. The molecule has 0 aromatic heterocycles. The van der Waals surface area contributed by atoms with E-state index in [1.807, 2.05) is 37.3 Å². The lowest BCUT2D eigenvalue weighted by atomic mass is 10.0. The summed E-state index contributed by atoms with van der Waals surface area (Å²) in [5, 5.41) is 17.1. The molecular weight excluding hydrogens is 390 g/mol. The van der Waals surface area contributed by atoms with Gasteiger partial charge in [0.25, 0.3) is 5.91 Å². The molecule has 30 heavy (non-hydrogen) atoms. The van der Waals surface area contributed by atoms with Gasteiger partial charge in [0, 0.05) is 25.9 Å². The number of carboxylic acid groups (broad SMARTS) is 1. The van der Waals surface area contributed by atoms with Crippen LogP contribution in [-0.4, -0.2) is 60.1 Å². The Balaban J connectivity index is 1.81. The van der Waals surface area contributed by atoms with Crippen LogP contribution in [0.5, 0.6) is 0 Å². The van der Waals surface area contributed by atoms with Gasteiger partial charge in [-0.25, -0.2) is 4.79 Å². The van der Waals surface area contributed by atoms with E-state index in [1.54, 1.807) is 0 Å². The molecule has 1 aromatic rings. The van der Waals surface area contributed by atoms with Gasteiger partial charge in [0.05, 0.1) is 0 Å². The summed E-state index contributed by atoms with van der Waals surface area (Å²) in [6.45, 7) is 2.90. The number of rotatable bonds is 13. The molecule has 1 aliphatic rings. The van der Waals surface area contributed by atoms with Gasteiger partial charge in [0.2, 0.25) is 11.8 Å². The third-order valence-corrected chi connectivity index (χ3v) is 4.61. The maximum atomic E-state index is 12.6. The minimum atomic E-state index is -1.20. The van der Waals surface area contributed by atoms with E-state index in [0.717, 1.165) is 18.4 Å². The van der Waals surface area contributed by atoms with Crippen LogP contribution < -0.4 is 16.0 Å². The molecule has 3 atom stereocenters. The minimum absolute atomic E-state index is 0.0223. The minimum Gasteiger partial charge on any atom is -0.479 e. The number of epoxide rings is 1. The van der Waals surface area contributed by atoms with Crippen LogP contribution in [0.15, 0.2) is 30.3 Å². The first kappa shape index (κ1) is 23.3. The Bertz CT molecular complexity index is 740. The Morgan fingerprint density at radius 2 is 1.70 bits per heavy atom. The maximum Gasteiger partial charge on any atom is 0.336 e. The number of carbonyl (C=O) groups is 4. The highest BCUT2D eigenvalue weighted by molar-refractivity contribution is 5.95. The van der Waals surface area contributed by atoms with Gasteiger partial charge in [-0.1, -0.05) is 37.3 Å². The largest absolute Gasteiger partial charge is 0.479 e. The number of carboxylic acids is 1. The van der Waals surface area contributed by atoms with Crippen molar-refractivity contribution in [1.82, 2.24) is 16.0 Å². The van der Waals surface area contributed by atoms with Crippen LogP contribution in [-0.2, 0) is 30.3 Å². The summed E-state index contributed by atoms with van der Waals surface area (Å²) in [6, 6.07) is 8.37. The zero-order valence-electron chi connectivity index (χ0n) is 17.1. The van der Waals surface area contributed by atoms with Gasteiger partial charge in [0.1, 0.15) is 6.04 Å². The fourth-order valence-corrected chi connectivity index (χ4v) is 2.94. The molecular formula is C21H29N3O6. The highest BCUT2D eigenvalue weighted by atomic mass is 16.6. The van der Waals surface area contributed by atoms with Gasteiger partial charge in [-0.15, -0.1) is 0 Å². The lowest BCUT2D eigenvalue weighted by Crippen LogP contribution is -2.49. The van der Waals surface area contributed by atoms with Crippen LogP contribution in [0.25, 0.3) is 0 Å². The first-order valence-corrected chi connectivity index (χ1v) is 10.2. The number of hydrogen-bond acceptors (Lipinski definition) is 5. The summed E-state index contributed by atoms with van der Waals surface area (Å²) < 4.78 is 4.86. The second-order valence-corrected chi connectivity index (χ2v) is 7.16. The third-order valence-electron chi connectivity index (χ3n) is 4.61. The average molecular weight is 419 g/mol. The maximum absolute atomic E-state index is 12.6. The van der Waals surface area contributed by atoms with E-state index in [-0.39, 0.29) is 18.2 Å². The van der Waals surface area contributed by atoms with Crippen molar-refractivity contribution in [3.63, 3.8) is 0 Å². The molecule has 1 aliphatic heterocycles. The molecule has 9 nitrogen and oxygen atoms in total. The molecule has 0 unspecified atom stereocenters. The van der Waals surface area contributed by atoms with Crippen molar-refractivity contribution in [2.75, 3.05) is 13.1 Å². The summed E-state index contributed by atoms with van der Waals surface area (Å²) >= 11 is 0. The average Bonchev–Trinajstić information content (AvgIpc) is 3.52. The Hall–Kier alpha value is -2.94. The number of carbonyl (C=O) groups excluding carboxylic acids is 3. The number of ether oxygens (including phenoxy) is 1. The van der Waals surface area contributed by atoms with Gasteiger partial charge in [-0.05, 0) is 24.8 Å². The van der Waals surface area contributed by atoms with Crippen LogP contribution in [0.2, 0.25) is 0 Å². The van der Waals surface area contributed by atoms with E-state index in [0.29, 0.717) is 25.9 Å². The van der Waals surface area contributed by atoms with Crippen molar-refractivity contribution in [2.45, 2.75) is 57.3 Å². The van der Waals surface area contributed by atoms with Crippen LogP contribution in [0.4, 0.5) is 0 Å². The summed E-state index contributed by atoms with van der Waals surface area (Å²) in [5.41, 5.74) is 0.864. The molecule has 164 valence electrons. The van der Waals surface area contributed by atoms with E-state index < -0.39 is 30.1 Å². The topological polar surface area (TPSA) is 137 Å².